The molecule has 0 aliphatic rings. The van der Waals surface area contributed by atoms with Gasteiger partial charge < -0.3 is 5.32 Å². The fraction of sp³-hybridized carbons (Fsp3) is 0.227. The fourth-order valence-electron chi connectivity index (χ4n) is 2.78. The van der Waals surface area contributed by atoms with Gasteiger partial charge in [-0.2, -0.15) is 0 Å². The number of allylic oxidation sites excluding steroid dienone is 1. The molecule has 0 saturated carbocycles. The zero-order chi connectivity index (χ0) is 19.8. The van der Waals surface area contributed by atoms with Crippen LogP contribution in [0.3, 0.4) is 0 Å². The Morgan fingerprint density at radius 2 is 1.89 bits per heavy atom. The zero-order valence-corrected chi connectivity index (χ0v) is 16.8. The molecule has 0 aliphatic heterocycles. The largest absolute Gasteiger partial charge is 0.355 e. The van der Waals surface area contributed by atoms with Crippen LogP contribution in [-0.4, -0.2) is 33.0 Å². The average molecular weight is 393 g/mol. The fourth-order valence-corrected chi connectivity index (χ4v) is 3.56. The number of aromatic nitrogens is 3. The molecule has 2 aromatic carbocycles. The van der Waals surface area contributed by atoms with Gasteiger partial charge in [-0.25, -0.2) is 0 Å². The van der Waals surface area contributed by atoms with Crippen molar-refractivity contribution < 1.29 is 4.79 Å². The molecular weight excluding hydrogens is 368 g/mol. The molecule has 0 saturated heterocycles. The van der Waals surface area contributed by atoms with Crippen LogP contribution in [0.1, 0.15) is 11.1 Å². The molecule has 3 aromatic rings. The van der Waals surface area contributed by atoms with Crippen molar-refractivity contribution in [1.29, 1.82) is 0 Å². The van der Waals surface area contributed by atoms with Gasteiger partial charge in [0.25, 0.3) is 0 Å². The first-order valence-corrected chi connectivity index (χ1v) is 10.2. The van der Waals surface area contributed by atoms with Crippen molar-refractivity contribution >= 4 is 17.7 Å². The summed E-state index contributed by atoms with van der Waals surface area (Å²) in [5, 5.41) is 12.3. The van der Waals surface area contributed by atoms with Crippen LogP contribution in [0.2, 0.25) is 0 Å². The molecule has 1 aromatic heterocycles. The molecule has 1 N–H and O–H groups in total. The maximum Gasteiger partial charge on any atom is 0.230 e. The van der Waals surface area contributed by atoms with E-state index in [0.29, 0.717) is 24.0 Å². The van der Waals surface area contributed by atoms with Crippen molar-refractivity contribution in [2.45, 2.75) is 25.0 Å². The molecule has 0 aliphatic carbocycles. The van der Waals surface area contributed by atoms with Crippen LogP contribution in [0, 0.1) is 6.92 Å². The second-order valence-electron chi connectivity index (χ2n) is 6.45. The summed E-state index contributed by atoms with van der Waals surface area (Å²) in [6.45, 7) is 7.09. The second kappa shape index (κ2) is 9.90. The number of thioether (sulfide) groups is 1. The molecule has 144 valence electrons. The third-order valence-corrected chi connectivity index (χ3v) is 5.22. The highest BCUT2D eigenvalue weighted by molar-refractivity contribution is 7.99. The summed E-state index contributed by atoms with van der Waals surface area (Å²) in [5.74, 6) is 1.08. The lowest BCUT2D eigenvalue weighted by Gasteiger charge is -2.08. The quantitative estimate of drug-likeness (QED) is 0.443. The van der Waals surface area contributed by atoms with E-state index in [9.17, 15) is 4.79 Å². The van der Waals surface area contributed by atoms with E-state index in [1.165, 1.54) is 22.9 Å². The van der Waals surface area contributed by atoms with Crippen LogP contribution in [0.15, 0.2) is 72.4 Å². The van der Waals surface area contributed by atoms with E-state index in [1.54, 1.807) is 0 Å². The van der Waals surface area contributed by atoms with Gasteiger partial charge in [-0.05, 0) is 18.9 Å². The molecule has 3 rings (SSSR count). The predicted octanol–water partition coefficient (Wildman–Crippen LogP) is 3.89. The molecule has 0 atom stereocenters. The highest BCUT2D eigenvalue weighted by Crippen LogP contribution is 2.24. The number of aryl methyl sites for hydroxylation is 1. The molecule has 6 heteroatoms. The number of carbonyl (C=O) groups excluding carboxylic acids is 1. The Morgan fingerprint density at radius 3 is 2.61 bits per heavy atom. The minimum atomic E-state index is -0.00836. The third-order valence-electron chi connectivity index (χ3n) is 4.25. The first-order chi connectivity index (χ1) is 13.7. The van der Waals surface area contributed by atoms with Crippen molar-refractivity contribution in [2.24, 2.45) is 0 Å². The lowest BCUT2D eigenvalue weighted by molar-refractivity contribution is -0.118. The van der Waals surface area contributed by atoms with Gasteiger partial charge in [-0.3, -0.25) is 9.36 Å². The Balaban J connectivity index is 1.58. The number of rotatable bonds is 9. The molecule has 1 heterocycles. The van der Waals surface area contributed by atoms with E-state index < -0.39 is 0 Å². The topological polar surface area (TPSA) is 59.8 Å². The third kappa shape index (κ3) is 5.33. The van der Waals surface area contributed by atoms with Crippen LogP contribution >= 0.6 is 11.8 Å². The number of benzene rings is 2. The van der Waals surface area contributed by atoms with Gasteiger partial charge in [-0.15, -0.1) is 16.8 Å². The summed E-state index contributed by atoms with van der Waals surface area (Å²) >= 11 is 1.39. The predicted molar refractivity (Wildman–Crippen MR) is 114 cm³/mol. The summed E-state index contributed by atoms with van der Waals surface area (Å²) in [6, 6.07) is 18.3. The standard InChI is InChI=1S/C22H24N4OS/c1-3-15-26-21(19-11-9-17(2)10-12-19)24-25-22(26)28-16-20(27)23-14-13-18-7-5-4-6-8-18/h3-12H,1,13-16H2,2H3,(H,23,27). The van der Waals surface area contributed by atoms with Crippen LogP contribution < -0.4 is 5.32 Å². The van der Waals surface area contributed by atoms with Gasteiger partial charge in [0.15, 0.2) is 11.0 Å². The van der Waals surface area contributed by atoms with Gasteiger partial charge in [0.1, 0.15) is 0 Å². The maximum atomic E-state index is 12.2. The summed E-state index contributed by atoms with van der Waals surface area (Å²) in [5.41, 5.74) is 3.41. The molecule has 0 fully saturated rings. The van der Waals surface area contributed by atoms with Gasteiger partial charge in [0.2, 0.25) is 5.91 Å². The Morgan fingerprint density at radius 1 is 1.14 bits per heavy atom. The molecular formula is C22H24N4OS. The number of carbonyl (C=O) groups is 1. The van der Waals surface area contributed by atoms with E-state index in [2.05, 4.69) is 53.3 Å². The van der Waals surface area contributed by atoms with Crippen LogP contribution in [0.25, 0.3) is 11.4 Å². The van der Waals surface area contributed by atoms with Crippen molar-refractivity contribution in [1.82, 2.24) is 20.1 Å². The molecule has 1 amide bonds. The molecule has 5 nitrogen and oxygen atoms in total. The number of amides is 1. The highest BCUT2D eigenvalue weighted by Gasteiger charge is 2.14. The van der Waals surface area contributed by atoms with E-state index in [-0.39, 0.29) is 5.91 Å². The second-order valence-corrected chi connectivity index (χ2v) is 7.39. The normalized spacial score (nSPS) is 10.6. The Hall–Kier alpha value is -2.86. The number of hydrogen-bond donors (Lipinski definition) is 1. The summed E-state index contributed by atoms with van der Waals surface area (Å²) in [4.78, 5) is 12.2. The number of nitrogens with zero attached hydrogens (tertiary/aromatic N) is 3. The number of nitrogens with one attached hydrogen (secondary N) is 1. The van der Waals surface area contributed by atoms with Crippen LogP contribution in [-0.2, 0) is 17.8 Å². The van der Waals surface area contributed by atoms with Crippen molar-refractivity contribution in [3.8, 4) is 11.4 Å². The summed E-state index contributed by atoms with van der Waals surface area (Å²) in [7, 11) is 0. The van der Waals surface area contributed by atoms with E-state index in [1.807, 2.05) is 41.0 Å². The van der Waals surface area contributed by atoms with Crippen LogP contribution in [0.5, 0.6) is 0 Å². The highest BCUT2D eigenvalue weighted by atomic mass is 32.2. The van der Waals surface area contributed by atoms with Crippen molar-refractivity contribution in [3.05, 3.63) is 78.4 Å². The number of hydrogen-bond acceptors (Lipinski definition) is 4. The lowest BCUT2D eigenvalue weighted by atomic mass is 10.1. The SMILES string of the molecule is C=CCn1c(SCC(=O)NCCc2ccccc2)nnc1-c1ccc(C)cc1. The summed E-state index contributed by atoms with van der Waals surface area (Å²) in [6.07, 6.45) is 2.63. The molecule has 0 bridgehead atoms. The Labute approximate surface area is 169 Å². The Kier molecular flexibility index (Phi) is 7.03. The van der Waals surface area contributed by atoms with Gasteiger partial charge >= 0.3 is 0 Å². The van der Waals surface area contributed by atoms with Gasteiger partial charge in [0.05, 0.1) is 5.75 Å². The molecule has 28 heavy (non-hydrogen) atoms. The smallest absolute Gasteiger partial charge is 0.230 e. The van der Waals surface area contributed by atoms with E-state index >= 15 is 0 Å². The first kappa shape index (κ1) is 19.9. The zero-order valence-electron chi connectivity index (χ0n) is 16.0. The maximum absolute atomic E-state index is 12.2. The summed E-state index contributed by atoms with van der Waals surface area (Å²) < 4.78 is 1.99. The minimum Gasteiger partial charge on any atom is -0.355 e. The average Bonchev–Trinajstić information content (AvgIpc) is 3.11. The van der Waals surface area contributed by atoms with Crippen molar-refractivity contribution in [2.75, 3.05) is 12.3 Å². The van der Waals surface area contributed by atoms with Gasteiger partial charge in [0, 0.05) is 18.7 Å². The monoisotopic (exact) mass is 392 g/mol. The van der Waals surface area contributed by atoms with E-state index in [4.69, 9.17) is 0 Å². The molecule has 0 spiro atoms. The first-order valence-electron chi connectivity index (χ1n) is 9.22. The Bertz CT molecular complexity index is 919. The molecule has 0 unspecified atom stereocenters. The van der Waals surface area contributed by atoms with Gasteiger partial charge in [-0.1, -0.05) is 78.0 Å². The molecule has 0 radical (unpaired) electrons. The van der Waals surface area contributed by atoms with E-state index in [0.717, 1.165) is 17.8 Å². The lowest BCUT2D eigenvalue weighted by Crippen LogP contribution is -2.27. The van der Waals surface area contributed by atoms with Crippen LogP contribution in [0.4, 0.5) is 0 Å². The van der Waals surface area contributed by atoms with Crippen molar-refractivity contribution in [3.63, 3.8) is 0 Å². The minimum absolute atomic E-state index is 0.00836.